The van der Waals surface area contributed by atoms with E-state index in [0.717, 1.165) is 30.6 Å². The zero-order valence-corrected chi connectivity index (χ0v) is 24.4. The van der Waals surface area contributed by atoms with Gasteiger partial charge in [-0.1, -0.05) is 24.6 Å². The predicted molar refractivity (Wildman–Crippen MR) is 158 cm³/mol. The molecule has 8 N–H and O–H groups in total. The van der Waals surface area contributed by atoms with Crippen molar-refractivity contribution in [1.29, 1.82) is 0 Å². The fourth-order valence-electron chi connectivity index (χ4n) is 3.53. The van der Waals surface area contributed by atoms with E-state index < -0.39 is 62.0 Å². The van der Waals surface area contributed by atoms with Gasteiger partial charge >= 0.3 is 12.1 Å². The summed E-state index contributed by atoms with van der Waals surface area (Å²) in [5, 5.41) is 12.3. The summed E-state index contributed by atoms with van der Waals surface area (Å²) in [6.45, 7) is 1.48. The van der Waals surface area contributed by atoms with Crippen LogP contribution in [0.1, 0.15) is 24.2 Å². The number of carbonyl (C=O) groups excluding carboxylic acids is 2. The molecular weight excluding hydrogens is 648 g/mol. The van der Waals surface area contributed by atoms with Crippen molar-refractivity contribution in [3.8, 4) is 0 Å². The van der Waals surface area contributed by atoms with Crippen LogP contribution in [0.5, 0.6) is 0 Å². The van der Waals surface area contributed by atoms with Crippen LogP contribution in [-0.2, 0) is 10.0 Å². The van der Waals surface area contributed by atoms with Crippen molar-refractivity contribution in [1.82, 2.24) is 19.9 Å². The second-order valence-corrected chi connectivity index (χ2v) is 10.8. The van der Waals surface area contributed by atoms with Crippen molar-refractivity contribution < 1.29 is 35.6 Å². The number of aromatic nitrogens is 4. The topological polar surface area (TPSA) is 220 Å². The summed E-state index contributed by atoms with van der Waals surface area (Å²) >= 11 is 5.64. The van der Waals surface area contributed by atoms with Gasteiger partial charge in [0.05, 0.1) is 5.69 Å². The van der Waals surface area contributed by atoms with Crippen LogP contribution < -0.4 is 32.1 Å². The number of halogens is 5. The molecule has 2 aromatic carbocycles. The van der Waals surface area contributed by atoms with Crippen molar-refractivity contribution in [2.45, 2.75) is 18.6 Å². The lowest BCUT2D eigenvalue weighted by atomic mass is 10.1. The minimum absolute atomic E-state index is 0.00422. The van der Waals surface area contributed by atoms with Crippen LogP contribution in [0.15, 0.2) is 55.2 Å². The van der Waals surface area contributed by atoms with Gasteiger partial charge in [0.2, 0.25) is 10.0 Å². The van der Waals surface area contributed by atoms with E-state index in [9.17, 15) is 35.6 Å². The van der Waals surface area contributed by atoms with E-state index in [1.54, 1.807) is 0 Å². The molecule has 0 aliphatic carbocycles. The molecule has 0 saturated heterocycles. The second-order valence-electron chi connectivity index (χ2n) is 8.62. The maximum atomic E-state index is 14.6. The van der Waals surface area contributed by atoms with Crippen molar-refractivity contribution in [3.05, 3.63) is 89.2 Å². The van der Waals surface area contributed by atoms with Gasteiger partial charge in [0, 0.05) is 17.8 Å². The highest BCUT2D eigenvalue weighted by Crippen LogP contribution is 2.31. The minimum Gasteiger partial charge on any atom is -0.396 e. The third-order valence-corrected chi connectivity index (χ3v) is 7.12. The van der Waals surface area contributed by atoms with Crippen LogP contribution in [0.2, 0.25) is 5.15 Å². The molecule has 0 aliphatic heterocycles. The number of rotatable bonds is 7. The zero-order valence-electron chi connectivity index (χ0n) is 22.9. The first-order chi connectivity index (χ1) is 21.2. The van der Waals surface area contributed by atoms with Gasteiger partial charge in [-0.3, -0.25) is 10.6 Å². The maximum Gasteiger partial charge on any atom is 0.325 e. The molecule has 0 bridgehead atoms. The van der Waals surface area contributed by atoms with E-state index in [1.165, 1.54) is 31.6 Å². The Bertz CT molecular complexity index is 1810. The number of hydrogen-bond donors (Lipinski definition) is 6. The Morgan fingerprint density at radius 3 is 1.98 bits per heavy atom. The minimum atomic E-state index is -4.12. The normalized spacial score (nSPS) is 11.4. The van der Waals surface area contributed by atoms with Crippen molar-refractivity contribution >= 4 is 62.4 Å². The number of nitrogen functional groups attached to an aromatic ring is 1. The highest BCUT2D eigenvalue weighted by Gasteiger charge is 2.28. The van der Waals surface area contributed by atoms with E-state index in [1.807, 2.05) is 10.6 Å². The molecule has 0 spiro atoms. The summed E-state index contributed by atoms with van der Waals surface area (Å²) in [4.78, 5) is 38.2. The summed E-state index contributed by atoms with van der Waals surface area (Å²) in [6.07, 6.45) is 3.67. The molecule has 4 aromatic rings. The van der Waals surface area contributed by atoms with E-state index in [0.29, 0.717) is 0 Å². The molecule has 2 aromatic heterocycles. The summed E-state index contributed by atoms with van der Waals surface area (Å²) in [5.74, 6) is -4.09. The number of primary sulfonamides is 1. The van der Waals surface area contributed by atoms with Crippen molar-refractivity contribution in [2.24, 2.45) is 5.14 Å². The molecule has 45 heavy (non-hydrogen) atoms. The lowest BCUT2D eigenvalue weighted by Crippen LogP contribution is -2.24. The van der Waals surface area contributed by atoms with E-state index >= 15 is 0 Å². The third-order valence-electron chi connectivity index (χ3n) is 5.53. The molecule has 14 nitrogen and oxygen atoms in total. The molecular formula is C25H23ClF4N10O4S. The molecule has 4 amide bonds. The summed E-state index contributed by atoms with van der Waals surface area (Å²) in [6, 6.07) is 4.61. The summed E-state index contributed by atoms with van der Waals surface area (Å²) < 4.78 is 78.7. The maximum absolute atomic E-state index is 14.6. The Morgan fingerprint density at radius 1 is 0.844 bits per heavy atom. The third kappa shape index (κ3) is 9.42. The first-order valence-electron chi connectivity index (χ1n) is 12.3. The first-order valence-corrected chi connectivity index (χ1v) is 14.3. The standard InChI is InChI=1S/C14H14ClF2N5O3S.C11H9F2N5O/c1-2-9(26(18,24)25)7-3-4-8(16)13(12(7)17)22-14(23)21-11-5-10(15)19-6-20-11;12-6-1-2-7(14)9(13)10(6)18-11(19)17-8-3-4-15-5-16-8/h3-6,9H,2H2,1H3,(H2,18,24,25)(H2,19,20,21,22,23);1-5H,14H2,(H2,15,16,17,18,19). The number of nitrogens with zero attached hydrogens (tertiary/aromatic N) is 4. The Kier molecular flexibility index (Phi) is 11.5. The molecule has 20 heteroatoms. The Morgan fingerprint density at radius 2 is 1.42 bits per heavy atom. The molecule has 2 heterocycles. The second kappa shape index (κ2) is 15.0. The van der Waals surface area contributed by atoms with Crippen molar-refractivity contribution in [2.75, 3.05) is 27.0 Å². The largest absolute Gasteiger partial charge is 0.396 e. The number of carbonyl (C=O) groups is 2. The van der Waals surface area contributed by atoms with E-state index in [4.69, 9.17) is 22.5 Å². The molecule has 0 radical (unpaired) electrons. The van der Waals surface area contributed by atoms with Crippen LogP contribution >= 0.6 is 11.6 Å². The number of amides is 4. The Hall–Kier alpha value is -5.14. The van der Waals surface area contributed by atoms with Gasteiger partial charge in [-0.25, -0.2) is 60.6 Å². The van der Waals surface area contributed by atoms with Crippen LogP contribution in [0, 0.1) is 23.3 Å². The number of anilines is 5. The molecule has 4 rings (SSSR count). The van der Waals surface area contributed by atoms with Crippen LogP contribution in [-0.4, -0.2) is 40.4 Å². The fourth-order valence-corrected chi connectivity index (χ4v) is 4.68. The smallest absolute Gasteiger partial charge is 0.325 e. The van der Waals surface area contributed by atoms with Crippen molar-refractivity contribution in [3.63, 3.8) is 0 Å². The van der Waals surface area contributed by atoms with Gasteiger partial charge in [0.1, 0.15) is 57.7 Å². The lowest BCUT2D eigenvalue weighted by molar-refractivity contribution is 0.261. The molecule has 0 aliphatic rings. The first kappa shape index (κ1) is 34.4. The Labute approximate surface area is 257 Å². The van der Waals surface area contributed by atoms with Crippen LogP contribution in [0.25, 0.3) is 0 Å². The van der Waals surface area contributed by atoms with Crippen LogP contribution in [0.4, 0.5) is 55.8 Å². The summed E-state index contributed by atoms with van der Waals surface area (Å²) in [5.41, 5.74) is 3.23. The highest BCUT2D eigenvalue weighted by atomic mass is 35.5. The van der Waals surface area contributed by atoms with Gasteiger partial charge in [-0.2, -0.15) is 0 Å². The number of nitrogens with two attached hydrogens (primary N) is 2. The van der Waals surface area contributed by atoms with Crippen LogP contribution in [0.3, 0.4) is 0 Å². The Balaban J connectivity index is 0.000000257. The number of hydrogen-bond acceptors (Lipinski definition) is 9. The molecule has 238 valence electrons. The number of benzene rings is 2. The van der Waals surface area contributed by atoms with Gasteiger partial charge in [-0.15, -0.1) is 0 Å². The van der Waals surface area contributed by atoms with Gasteiger partial charge < -0.3 is 16.4 Å². The van der Waals surface area contributed by atoms with Gasteiger partial charge in [-0.05, 0) is 30.7 Å². The number of nitrogens with one attached hydrogen (secondary N) is 4. The zero-order chi connectivity index (χ0) is 33.3. The molecule has 1 unspecified atom stereocenters. The predicted octanol–water partition coefficient (Wildman–Crippen LogP) is 4.77. The average Bonchev–Trinajstić information content (AvgIpc) is 2.97. The number of sulfonamides is 1. The fraction of sp³-hybridized carbons (Fsp3) is 0.120. The number of urea groups is 2. The van der Waals surface area contributed by atoms with Gasteiger partial charge in [0.25, 0.3) is 0 Å². The SMILES string of the molecule is CCC(c1ccc(F)c(NC(=O)Nc2cc(Cl)ncn2)c1F)S(N)(=O)=O.Nc1ccc(F)c(NC(=O)Nc2ccncn2)c1F. The monoisotopic (exact) mass is 670 g/mol. The summed E-state index contributed by atoms with van der Waals surface area (Å²) in [7, 11) is -4.12. The highest BCUT2D eigenvalue weighted by molar-refractivity contribution is 7.89. The molecule has 1 atom stereocenters. The van der Waals surface area contributed by atoms with Gasteiger partial charge in [0.15, 0.2) is 11.6 Å². The molecule has 0 fully saturated rings. The van der Waals surface area contributed by atoms with E-state index in [2.05, 4.69) is 30.6 Å². The van der Waals surface area contributed by atoms with E-state index in [-0.39, 0.29) is 34.5 Å². The molecule has 0 saturated carbocycles. The average molecular weight is 671 g/mol. The lowest BCUT2D eigenvalue weighted by Gasteiger charge is -2.17. The quantitative estimate of drug-likeness (QED) is 0.0904.